The smallest absolute Gasteiger partial charge is 0.137 e. The van der Waals surface area contributed by atoms with E-state index >= 15 is 0 Å². The Kier molecular flexibility index (Phi) is 6.25. The molecule has 0 amide bonds. The van der Waals surface area contributed by atoms with Gasteiger partial charge in [0.15, 0.2) is 0 Å². The van der Waals surface area contributed by atoms with Crippen molar-refractivity contribution in [2.75, 3.05) is 0 Å². The first-order valence-corrected chi connectivity index (χ1v) is 10.0. The van der Waals surface area contributed by atoms with Gasteiger partial charge in [-0.15, -0.1) is 0 Å². The van der Waals surface area contributed by atoms with E-state index in [1.54, 1.807) is 6.07 Å². The van der Waals surface area contributed by atoms with E-state index in [-0.39, 0.29) is 35.8 Å². The van der Waals surface area contributed by atoms with Gasteiger partial charge in [0.05, 0.1) is 6.04 Å². The Labute approximate surface area is 170 Å². The van der Waals surface area contributed by atoms with Gasteiger partial charge in [-0.25, -0.2) is 4.39 Å². The number of hydrogen-bond acceptors (Lipinski definition) is 2. The minimum absolute atomic E-state index is 0.0213. The molecule has 0 N–H and O–H groups in total. The van der Waals surface area contributed by atoms with Crippen LogP contribution in [0.25, 0.3) is 0 Å². The Hall–Kier alpha value is -1.42. The summed E-state index contributed by atoms with van der Waals surface area (Å²) in [5.41, 5.74) is 1.93. The summed E-state index contributed by atoms with van der Waals surface area (Å²) < 4.78 is 14.1. The molecular weight excluding hydrogens is 384 g/mol. The fourth-order valence-electron chi connectivity index (χ4n) is 4.40. The molecule has 4 atom stereocenters. The highest BCUT2D eigenvalue weighted by atomic mass is 35.5. The zero-order chi connectivity index (χ0) is 19.7. The van der Waals surface area contributed by atoms with E-state index < -0.39 is 0 Å². The van der Waals surface area contributed by atoms with Crippen molar-refractivity contribution >= 4 is 29.5 Å². The SMILES string of the molecule is CC1CC(c2cc(F)cc(Cl)c2)C(c2ccc(Cl)cc2)N(C(C)C)C1C=O. The van der Waals surface area contributed by atoms with Crippen LogP contribution in [0.2, 0.25) is 10.0 Å². The van der Waals surface area contributed by atoms with Crippen LogP contribution >= 0.6 is 23.2 Å². The molecule has 0 bridgehead atoms. The molecule has 4 unspecified atom stereocenters. The highest BCUT2D eigenvalue weighted by Crippen LogP contribution is 2.48. The van der Waals surface area contributed by atoms with Crippen LogP contribution in [-0.2, 0) is 4.79 Å². The molecule has 1 aliphatic heterocycles. The van der Waals surface area contributed by atoms with Crippen molar-refractivity contribution < 1.29 is 9.18 Å². The van der Waals surface area contributed by atoms with Gasteiger partial charge in [0, 0.05) is 28.0 Å². The molecule has 1 aliphatic rings. The zero-order valence-corrected chi connectivity index (χ0v) is 17.2. The molecule has 0 aliphatic carbocycles. The average molecular weight is 408 g/mol. The second-order valence-corrected chi connectivity index (χ2v) is 8.56. The van der Waals surface area contributed by atoms with Crippen molar-refractivity contribution in [3.05, 3.63) is 69.5 Å². The maximum Gasteiger partial charge on any atom is 0.137 e. The number of carbonyl (C=O) groups excluding carboxylic acids is 1. The zero-order valence-electron chi connectivity index (χ0n) is 15.7. The van der Waals surface area contributed by atoms with E-state index in [1.165, 1.54) is 6.07 Å². The molecule has 0 radical (unpaired) electrons. The first-order chi connectivity index (χ1) is 12.8. The normalized spacial score (nSPS) is 26.3. The monoisotopic (exact) mass is 407 g/mol. The lowest BCUT2D eigenvalue weighted by Crippen LogP contribution is -2.53. The number of rotatable bonds is 4. The fourth-order valence-corrected chi connectivity index (χ4v) is 4.75. The summed E-state index contributed by atoms with van der Waals surface area (Å²) in [6.07, 6.45) is 1.82. The number of carbonyl (C=O) groups is 1. The van der Waals surface area contributed by atoms with Gasteiger partial charge in [-0.2, -0.15) is 0 Å². The van der Waals surface area contributed by atoms with Gasteiger partial charge in [-0.05, 0) is 67.6 Å². The Morgan fingerprint density at radius 3 is 2.30 bits per heavy atom. The van der Waals surface area contributed by atoms with Crippen LogP contribution in [0.3, 0.4) is 0 Å². The second kappa shape index (κ2) is 8.30. The summed E-state index contributed by atoms with van der Waals surface area (Å²) >= 11 is 12.2. The van der Waals surface area contributed by atoms with Gasteiger partial charge in [0.25, 0.3) is 0 Å². The fraction of sp³-hybridized carbons (Fsp3) is 0.409. The van der Waals surface area contributed by atoms with Crippen molar-refractivity contribution in [1.29, 1.82) is 0 Å². The molecular formula is C22H24Cl2FNO. The predicted molar refractivity (Wildman–Crippen MR) is 109 cm³/mol. The van der Waals surface area contributed by atoms with Crippen LogP contribution in [0.4, 0.5) is 4.39 Å². The minimum atomic E-state index is -0.339. The number of halogens is 3. The third-order valence-electron chi connectivity index (χ3n) is 5.52. The quantitative estimate of drug-likeness (QED) is 0.556. The van der Waals surface area contributed by atoms with E-state index in [4.69, 9.17) is 23.2 Å². The van der Waals surface area contributed by atoms with Crippen LogP contribution in [0.15, 0.2) is 42.5 Å². The molecule has 0 aromatic heterocycles. The number of piperidine rings is 1. The minimum Gasteiger partial charge on any atom is -0.302 e. The van der Waals surface area contributed by atoms with E-state index in [0.29, 0.717) is 10.0 Å². The van der Waals surface area contributed by atoms with Crippen LogP contribution in [0.1, 0.15) is 50.3 Å². The first kappa shape index (κ1) is 20.3. The van der Waals surface area contributed by atoms with Crippen molar-refractivity contribution in [3.63, 3.8) is 0 Å². The molecule has 1 saturated heterocycles. The van der Waals surface area contributed by atoms with Gasteiger partial charge in [0.1, 0.15) is 12.1 Å². The third-order valence-corrected chi connectivity index (χ3v) is 5.99. The molecule has 0 saturated carbocycles. The lowest BCUT2D eigenvalue weighted by atomic mass is 9.73. The molecule has 144 valence electrons. The van der Waals surface area contributed by atoms with Crippen molar-refractivity contribution in [2.45, 2.75) is 51.2 Å². The number of likely N-dealkylation sites (tertiary alicyclic amines) is 1. The third kappa shape index (κ3) is 4.21. The summed E-state index contributed by atoms with van der Waals surface area (Å²) in [6, 6.07) is 12.3. The van der Waals surface area contributed by atoms with E-state index in [1.807, 2.05) is 30.3 Å². The summed E-state index contributed by atoms with van der Waals surface area (Å²) in [5, 5.41) is 1.05. The van der Waals surface area contributed by atoms with Gasteiger partial charge in [-0.3, -0.25) is 4.90 Å². The highest BCUT2D eigenvalue weighted by molar-refractivity contribution is 6.30. The van der Waals surface area contributed by atoms with E-state index in [0.717, 1.165) is 23.8 Å². The molecule has 0 spiro atoms. The Balaban J connectivity index is 2.15. The van der Waals surface area contributed by atoms with E-state index in [9.17, 15) is 9.18 Å². The van der Waals surface area contributed by atoms with Crippen LogP contribution in [-0.4, -0.2) is 23.3 Å². The van der Waals surface area contributed by atoms with Crippen LogP contribution in [0, 0.1) is 11.7 Å². The number of aldehydes is 1. The van der Waals surface area contributed by atoms with Crippen molar-refractivity contribution in [1.82, 2.24) is 4.90 Å². The standard InChI is InChI=1S/C22H24Cl2FNO/c1-13(2)26-21(12-27)14(3)8-20(16-9-18(24)11-19(25)10-16)22(26)15-4-6-17(23)7-5-15/h4-7,9-14,20-22H,8H2,1-3H3. The predicted octanol–water partition coefficient (Wildman–Crippen LogP) is 6.28. The first-order valence-electron chi connectivity index (χ1n) is 9.26. The van der Waals surface area contributed by atoms with Gasteiger partial charge >= 0.3 is 0 Å². The molecule has 27 heavy (non-hydrogen) atoms. The van der Waals surface area contributed by atoms with Gasteiger partial charge in [-0.1, -0.05) is 42.3 Å². The summed E-state index contributed by atoms with van der Waals surface area (Å²) in [4.78, 5) is 14.2. The van der Waals surface area contributed by atoms with Crippen molar-refractivity contribution in [3.8, 4) is 0 Å². The number of benzene rings is 2. The molecule has 2 aromatic rings. The molecule has 3 rings (SSSR count). The molecule has 1 fully saturated rings. The van der Waals surface area contributed by atoms with Gasteiger partial charge in [0.2, 0.25) is 0 Å². The largest absolute Gasteiger partial charge is 0.302 e. The summed E-state index contributed by atoms with van der Waals surface area (Å²) in [7, 11) is 0. The summed E-state index contributed by atoms with van der Waals surface area (Å²) in [5.74, 6) is -0.165. The lowest BCUT2D eigenvalue weighted by Gasteiger charge is -2.50. The second-order valence-electron chi connectivity index (χ2n) is 7.69. The number of nitrogens with zero attached hydrogens (tertiary/aromatic N) is 1. The highest BCUT2D eigenvalue weighted by Gasteiger charge is 2.43. The Bertz CT molecular complexity index is 788. The average Bonchev–Trinajstić information content (AvgIpc) is 2.60. The van der Waals surface area contributed by atoms with Crippen LogP contribution < -0.4 is 0 Å². The molecule has 2 nitrogen and oxygen atoms in total. The Morgan fingerprint density at radius 1 is 1.07 bits per heavy atom. The molecule has 5 heteroatoms. The summed E-state index contributed by atoms with van der Waals surface area (Å²) in [6.45, 7) is 6.26. The maximum absolute atomic E-state index is 14.1. The van der Waals surface area contributed by atoms with Crippen LogP contribution in [0.5, 0.6) is 0 Å². The lowest BCUT2D eigenvalue weighted by molar-refractivity contribution is -0.119. The topological polar surface area (TPSA) is 20.3 Å². The maximum atomic E-state index is 14.1. The van der Waals surface area contributed by atoms with E-state index in [2.05, 4.69) is 25.7 Å². The number of hydrogen-bond donors (Lipinski definition) is 0. The molecule has 2 aromatic carbocycles. The molecule has 1 heterocycles. The van der Waals surface area contributed by atoms with Crippen molar-refractivity contribution in [2.24, 2.45) is 5.92 Å². The van der Waals surface area contributed by atoms with Gasteiger partial charge < -0.3 is 4.79 Å². The Morgan fingerprint density at radius 2 is 1.74 bits per heavy atom.